The van der Waals surface area contributed by atoms with E-state index in [0.717, 1.165) is 5.69 Å². The summed E-state index contributed by atoms with van der Waals surface area (Å²) in [4.78, 5) is 10.8. The first-order valence-corrected chi connectivity index (χ1v) is 4.31. The number of phenolic OH excluding ortho intramolecular Hbond substituents is 1. The molecule has 1 aromatic carbocycles. The molecule has 0 spiro atoms. The number of carbonyl (C=O) groups is 1. The van der Waals surface area contributed by atoms with Crippen LogP contribution in [-0.4, -0.2) is 10.9 Å². The van der Waals surface area contributed by atoms with Crippen molar-refractivity contribution < 1.29 is 9.90 Å². The van der Waals surface area contributed by atoms with Crippen molar-refractivity contribution >= 4 is 11.5 Å². The van der Waals surface area contributed by atoms with E-state index in [1.807, 2.05) is 0 Å². The Balaban J connectivity index is 2.60. The van der Waals surface area contributed by atoms with Crippen LogP contribution < -0.4 is 5.32 Å². The largest absolute Gasteiger partial charge is 0.508 e. The van der Waals surface area contributed by atoms with Gasteiger partial charge in [0.15, 0.2) is 0 Å². The highest BCUT2D eigenvalue weighted by Crippen LogP contribution is 2.17. The number of nitrogens with one attached hydrogen (secondary N) is 1. The molecule has 0 radical (unpaired) electrons. The highest BCUT2D eigenvalue weighted by Gasteiger charge is 1.99. The lowest BCUT2D eigenvalue weighted by Crippen LogP contribution is -2.02. The summed E-state index contributed by atoms with van der Waals surface area (Å²) < 4.78 is 0. The topological polar surface area (TPSA) is 49.3 Å². The van der Waals surface area contributed by atoms with E-state index < -0.39 is 0 Å². The fourth-order valence-electron chi connectivity index (χ4n) is 1.13. The van der Waals surface area contributed by atoms with E-state index in [0.29, 0.717) is 12.1 Å². The number of ketones is 1. The Hall–Kier alpha value is -1.77. The monoisotopic (exact) mass is 191 g/mol. The number of Topliss-reactive ketones (excluding diaryl/α,β-unsaturated/α-hetero) is 1. The summed E-state index contributed by atoms with van der Waals surface area (Å²) in [6.45, 7) is 5.22. The van der Waals surface area contributed by atoms with Gasteiger partial charge in [0, 0.05) is 23.9 Å². The lowest BCUT2D eigenvalue weighted by atomic mass is 10.2. The maximum Gasteiger partial charge on any atom is 0.135 e. The number of hydrogen-bond acceptors (Lipinski definition) is 3. The van der Waals surface area contributed by atoms with Crippen molar-refractivity contribution in [2.24, 2.45) is 0 Å². The van der Waals surface area contributed by atoms with Crippen molar-refractivity contribution in [1.82, 2.24) is 0 Å². The summed E-state index contributed by atoms with van der Waals surface area (Å²) in [5, 5.41) is 12.1. The van der Waals surface area contributed by atoms with Crippen LogP contribution in [0.25, 0.3) is 0 Å². The molecule has 0 saturated heterocycles. The first-order chi connectivity index (χ1) is 6.58. The zero-order chi connectivity index (χ0) is 10.6. The molecule has 0 atom stereocenters. The van der Waals surface area contributed by atoms with Gasteiger partial charge in [0.1, 0.15) is 11.5 Å². The number of allylic oxidation sites excluding steroid dienone is 1. The standard InChI is InChI=1S/C11H13NO2/c1-8(6-9(2)13)12-10-4-3-5-11(14)7-10/h3-5,7,12,14H,1,6H2,2H3. The predicted molar refractivity (Wildman–Crippen MR) is 56.2 cm³/mol. The minimum Gasteiger partial charge on any atom is -0.508 e. The van der Waals surface area contributed by atoms with Gasteiger partial charge in [-0.15, -0.1) is 0 Å². The second kappa shape index (κ2) is 4.46. The van der Waals surface area contributed by atoms with Crippen molar-refractivity contribution in [2.75, 3.05) is 5.32 Å². The molecule has 1 aromatic rings. The number of carbonyl (C=O) groups excluding carboxylic acids is 1. The second-order valence-corrected chi connectivity index (χ2v) is 3.16. The van der Waals surface area contributed by atoms with Crippen LogP contribution in [0.15, 0.2) is 36.5 Å². The SMILES string of the molecule is C=C(CC(C)=O)Nc1cccc(O)c1. The van der Waals surface area contributed by atoms with Gasteiger partial charge in [0.2, 0.25) is 0 Å². The molecular formula is C11H13NO2. The molecule has 0 fully saturated rings. The average Bonchev–Trinajstić information content (AvgIpc) is 2.01. The van der Waals surface area contributed by atoms with Crippen LogP contribution in [0.4, 0.5) is 5.69 Å². The molecule has 14 heavy (non-hydrogen) atoms. The van der Waals surface area contributed by atoms with Gasteiger partial charge in [0.25, 0.3) is 0 Å². The summed E-state index contributed by atoms with van der Waals surface area (Å²) in [5.41, 5.74) is 1.36. The highest BCUT2D eigenvalue weighted by atomic mass is 16.3. The molecule has 0 amide bonds. The summed E-state index contributed by atoms with van der Waals surface area (Å²) in [7, 11) is 0. The van der Waals surface area contributed by atoms with Crippen LogP contribution in [-0.2, 0) is 4.79 Å². The minimum absolute atomic E-state index is 0.0580. The Labute approximate surface area is 83.1 Å². The molecule has 0 unspecified atom stereocenters. The zero-order valence-electron chi connectivity index (χ0n) is 8.08. The lowest BCUT2D eigenvalue weighted by Gasteiger charge is -2.07. The van der Waals surface area contributed by atoms with E-state index in [9.17, 15) is 9.90 Å². The van der Waals surface area contributed by atoms with Gasteiger partial charge in [-0.1, -0.05) is 12.6 Å². The molecule has 0 saturated carbocycles. The van der Waals surface area contributed by atoms with Crippen molar-refractivity contribution in [3.63, 3.8) is 0 Å². The van der Waals surface area contributed by atoms with E-state index >= 15 is 0 Å². The Kier molecular flexibility index (Phi) is 3.29. The molecular weight excluding hydrogens is 178 g/mol. The van der Waals surface area contributed by atoms with E-state index in [1.54, 1.807) is 24.3 Å². The van der Waals surface area contributed by atoms with Crippen LogP contribution in [0.1, 0.15) is 13.3 Å². The van der Waals surface area contributed by atoms with E-state index in [2.05, 4.69) is 11.9 Å². The number of rotatable bonds is 4. The fraction of sp³-hybridized carbons (Fsp3) is 0.182. The molecule has 0 aromatic heterocycles. The molecule has 2 N–H and O–H groups in total. The quantitative estimate of drug-likeness (QED) is 0.767. The van der Waals surface area contributed by atoms with Crippen LogP contribution in [0.3, 0.4) is 0 Å². The van der Waals surface area contributed by atoms with Crippen LogP contribution in [0, 0.1) is 0 Å². The molecule has 0 bridgehead atoms. The Bertz CT molecular complexity index is 358. The molecule has 1 rings (SSSR count). The highest BCUT2D eigenvalue weighted by molar-refractivity contribution is 5.78. The van der Waals surface area contributed by atoms with Crippen LogP contribution >= 0.6 is 0 Å². The normalized spacial score (nSPS) is 9.50. The summed E-state index contributed by atoms with van der Waals surface area (Å²) in [5.74, 6) is 0.244. The van der Waals surface area contributed by atoms with Gasteiger partial charge in [-0.2, -0.15) is 0 Å². The lowest BCUT2D eigenvalue weighted by molar-refractivity contribution is -0.116. The van der Waals surface area contributed by atoms with Crippen molar-refractivity contribution in [1.29, 1.82) is 0 Å². The molecule has 3 nitrogen and oxygen atoms in total. The average molecular weight is 191 g/mol. The smallest absolute Gasteiger partial charge is 0.135 e. The third kappa shape index (κ3) is 3.31. The summed E-state index contributed by atoms with van der Waals surface area (Å²) in [6, 6.07) is 6.67. The third-order valence-corrected chi connectivity index (χ3v) is 1.63. The van der Waals surface area contributed by atoms with Crippen LogP contribution in [0.2, 0.25) is 0 Å². The maximum atomic E-state index is 10.8. The predicted octanol–water partition coefficient (Wildman–Crippen LogP) is 2.30. The van der Waals surface area contributed by atoms with E-state index in [1.165, 1.54) is 6.92 Å². The Morgan fingerprint density at radius 2 is 2.29 bits per heavy atom. The van der Waals surface area contributed by atoms with Crippen LogP contribution in [0.5, 0.6) is 5.75 Å². The van der Waals surface area contributed by atoms with Gasteiger partial charge >= 0.3 is 0 Å². The van der Waals surface area contributed by atoms with Gasteiger partial charge in [-0.05, 0) is 19.1 Å². The van der Waals surface area contributed by atoms with E-state index in [-0.39, 0.29) is 11.5 Å². The summed E-state index contributed by atoms with van der Waals surface area (Å²) in [6.07, 6.45) is 0.301. The number of phenols is 1. The second-order valence-electron chi connectivity index (χ2n) is 3.16. The molecule has 0 heterocycles. The Morgan fingerprint density at radius 1 is 1.57 bits per heavy atom. The summed E-state index contributed by atoms with van der Waals surface area (Å²) >= 11 is 0. The van der Waals surface area contributed by atoms with Gasteiger partial charge in [0.05, 0.1) is 0 Å². The van der Waals surface area contributed by atoms with Crippen molar-refractivity contribution in [3.05, 3.63) is 36.5 Å². The van der Waals surface area contributed by atoms with E-state index in [4.69, 9.17) is 0 Å². The number of hydrogen-bond donors (Lipinski definition) is 2. The fourth-order valence-corrected chi connectivity index (χ4v) is 1.13. The molecule has 0 aliphatic heterocycles. The Morgan fingerprint density at radius 3 is 2.86 bits per heavy atom. The molecule has 0 aliphatic rings. The van der Waals surface area contributed by atoms with Gasteiger partial charge in [-0.25, -0.2) is 0 Å². The van der Waals surface area contributed by atoms with Gasteiger partial charge < -0.3 is 10.4 Å². The number of aromatic hydroxyl groups is 1. The first-order valence-electron chi connectivity index (χ1n) is 4.31. The van der Waals surface area contributed by atoms with Gasteiger partial charge in [-0.3, -0.25) is 4.79 Å². The van der Waals surface area contributed by atoms with Crippen molar-refractivity contribution in [3.8, 4) is 5.75 Å². The number of anilines is 1. The molecule has 3 heteroatoms. The molecule has 0 aliphatic carbocycles. The zero-order valence-corrected chi connectivity index (χ0v) is 8.08. The maximum absolute atomic E-state index is 10.8. The minimum atomic E-state index is 0.0580. The third-order valence-electron chi connectivity index (χ3n) is 1.63. The number of benzene rings is 1. The van der Waals surface area contributed by atoms with Crippen molar-refractivity contribution in [2.45, 2.75) is 13.3 Å². The first kappa shape index (κ1) is 10.3. The molecule has 74 valence electrons.